The Morgan fingerprint density at radius 2 is 1.70 bits per heavy atom. The highest BCUT2D eigenvalue weighted by Gasteiger charge is 2.23. The molecule has 0 heterocycles. The van der Waals surface area contributed by atoms with Gasteiger partial charge in [-0.1, -0.05) is 18.2 Å². The van der Waals surface area contributed by atoms with E-state index in [-0.39, 0.29) is 29.8 Å². The molecule has 1 atom stereocenters. The first-order valence-electron chi connectivity index (χ1n) is 7.52. The molecular weight excluding hydrogens is 294 g/mol. The number of nitrogens with zero attached hydrogens (tertiary/aromatic N) is 1. The smallest absolute Gasteiger partial charge is 0.251 e. The van der Waals surface area contributed by atoms with Crippen molar-refractivity contribution in [1.82, 2.24) is 15.5 Å². The van der Waals surface area contributed by atoms with Crippen LogP contribution in [0, 0.1) is 0 Å². The van der Waals surface area contributed by atoms with Gasteiger partial charge in [-0.3, -0.25) is 14.4 Å². The van der Waals surface area contributed by atoms with Gasteiger partial charge >= 0.3 is 0 Å². The SMILES string of the molecule is CC(NC(=O)c1ccccc1)C(=O)N(C)CC(=O)NC(C)(C)C. The normalized spacial score (nSPS) is 12.2. The molecule has 1 aromatic carbocycles. The summed E-state index contributed by atoms with van der Waals surface area (Å²) in [6.45, 7) is 7.16. The van der Waals surface area contributed by atoms with Gasteiger partial charge in [0, 0.05) is 18.2 Å². The van der Waals surface area contributed by atoms with Crippen LogP contribution in [0.5, 0.6) is 0 Å². The van der Waals surface area contributed by atoms with Gasteiger partial charge in [-0.25, -0.2) is 0 Å². The van der Waals surface area contributed by atoms with Crippen molar-refractivity contribution in [2.24, 2.45) is 0 Å². The fourth-order valence-corrected chi connectivity index (χ4v) is 2.01. The van der Waals surface area contributed by atoms with Gasteiger partial charge in [-0.15, -0.1) is 0 Å². The fraction of sp³-hybridized carbons (Fsp3) is 0.471. The van der Waals surface area contributed by atoms with Crippen molar-refractivity contribution in [3.8, 4) is 0 Å². The number of hydrogen-bond acceptors (Lipinski definition) is 3. The van der Waals surface area contributed by atoms with Crippen LogP contribution in [0.25, 0.3) is 0 Å². The van der Waals surface area contributed by atoms with Crippen LogP contribution in [0.2, 0.25) is 0 Å². The lowest BCUT2D eigenvalue weighted by molar-refractivity contribution is -0.136. The summed E-state index contributed by atoms with van der Waals surface area (Å²) in [7, 11) is 1.54. The molecule has 1 unspecified atom stereocenters. The largest absolute Gasteiger partial charge is 0.350 e. The molecule has 1 aromatic rings. The van der Waals surface area contributed by atoms with Crippen LogP contribution < -0.4 is 10.6 Å². The number of benzene rings is 1. The average Bonchev–Trinajstić information content (AvgIpc) is 2.45. The van der Waals surface area contributed by atoms with E-state index in [0.717, 1.165) is 0 Å². The highest BCUT2D eigenvalue weighted by atomic mass is 16.2. The Labute approximate surface area is 137 Å². The highest BCUT2D eigenvalue weighted by molar-refractivity contribution is 5.97. The molecule has 2 N–H and O–H groups in total. The van der Waals surface area contributed by atoms with E-state index in [1.54, 1.807) is 31.2 Å². The van der Waals surface area contributed by atoms with E-state index in [4.69, 9.17) is 0 Å². The first-order valence-corrected chi connectivity index (χ1v) is 7.52. The Bertz CT molecular complexity index is 564. The Balaban J connectivity index is 2.55. The van der Waals surface area contributed by atoms with Crippen molar-refractivity contribution in [1.29, 1.82) is 0 Å². The monoisotopic (exact) mass is 319 g/mol. The maximum Gasteiger partial charge on any atom is 0.251 e. The molecule has 6 heteroatoms. The van der Waals surface area contributed by atoms with E-state index in [9.17, 15) is 14.4 Å². The van der Waals surface area contributed by atoms with Crippen LogP contribution in [0.1, 0.15) is 38.1 Å². The number of rotatable bonds is 5. The van der Waals surface area contributed by atoms with Crippen molar-refractivity contribution >= 4 is 17.7 Å². The Morgan fingerprint density at radius 3 is 2.22 bits per heavy atom. The maximum atomic E-state index is 12.2. The lowest BCUT2D eigenvalue weighted by atomic mass is 10.1. The number of nitrogens with one attached hydrogen (secondary N) is 2. The zero-order chi connectivity index (χ0) is 17.6. The second kappa shape index (κ2) is 7.76. The minimum Gasteiger partial charge on any atom is -0.350 e. The molecule has 126 valence electrons. The van der Waals surface area contributed by atoms with E-state index in [1.807, 2.05) is 26.8 Å². The molecule has 0 aliphatic rings. The van der Waals surface area contributed by atoms with E-state index in [2.05, 4.69) is 10.6 Å². The Morgan fingerprint density at radius 1 is 1.13 bits per heavy atom. The minimum absolute atomic E-state index is 0.0539. The predicted molar refractivity (Wildman–Crippen MR) is 88.9 cm³/mol. The van der Waals surface area contributed by atoms with Crippen molar-refractivity contribution in [3.63, 3.8) is 0 Å². The Hall–Kier alpha value is -2.37. The first-order chi connectivity index (χ1) is 10.6. The van der Waals surface area contributed by atoms with Gasteiger partial charge in [0.05, 0.1) is 6.54 Å². The summed E-state index contributed by atoms with van der Waals surface area (Å²) in [6, 6.07) is 7.96. The predicted octanol–water partition coefficient (Wildman–Crippen LogP) is 1.18. The molecule has 0 bridgehead atoms. The van der Waals surface area contributed by atoms with Crippen LogP contribution >= 0.6 is 0 Å². The van der Waals surface area contributed by atoms with Gasteiger partial charge in [0.25, 0.3) is 5.91 Å². The fourth-order valence-electron chi connectivity index (χ4n) is 2.01. The Kier molecular flexibility index (Phi) is 6.30. The second-order valence-electron chi connectivity index (χ2n) is 6.55. The van der Waals surface area contributed by atoms with Gasteiger partial charge in [0.2, 0.25) is 11.8 Å². The average molecular weight is 319 g/mol. The molecule has 0 aromatic heterocycles. The van der Waals surface area contributed by atoms with Crippen LogP contribution in [-0.4, -0.2) is 47.8 Å². The van der Waals surface area contributed by atoms with E-state index < -0.39 is 6.04 Å². The third-order valence-electron chi connectivity index (χ3n) is 3.03. The number of hydrogen-bond donors (Lipinski definition) is 2. The summed E-state index contributed by atoms with van der Waals surface area (Å²) in [4.78, 5) is 37.4. The summed E-state index contributed by atoms with van der Waals surface area (Å²) in [5.41, 5.74) is 0.133. The molecule has 3 amide bonds. The molecule has 0 aliphatic heterocycles. The summed E-state index contributed by atoms with van der Waals surface area (Å²) in [5, 5.41) is 5.43. The molecule has 0 aliphatic carbocycles. The van der Waals surface area contributed by atoms with Gasteiger partial charge in [-0.05, 0) is 39.8 Å². The standard InChI is InChI=1S/C17H25N3O3/c1-12(18-15(22)13-9-7-6-8-10-13)16(23)20(5)11-14(21)19-17(2,3)4/h6-10,12H,11H2,1-5H3,(H,18,22)(H,19,21). The summed E-state index contributed by atoms with van der Waals surface area (Å²) < 4.78 is 0. The minimum atomic E-state index is -0.713. The van der Waals surface area contributed by atoms with Gasteiger partial charge in [0.15, 0.2) is 0 Å². The van der Waals surface area contributed by atoms with E-state index >= 15 is 0 Å². The lowest BCUT2D eigenvalue weighted by Gasteiger charge is -2.25. The number of likely N-dealkylation sites (N-methyl/N-ethyl adjacent to an activating group) is 1. The third kappa shape index (κ3) is 6.50. The van der Waals surface area contributed by atoms with Crippen molar-refractivity contribution in [2.45, 2.75) is 39.3 Å². The van der Waals surface area contributed by atoms with Crippen LogP contribution in [0.15, 0.2) is 30.3 Å². The third-order valence-corrected chi connectivity index (χ3v) is 3.03. The zero-order valence-electron chi connectivity index (χ0n) is 14.3. The molecule has 0 spiro atoms. The van der Waals surface area contributed by atoms with Crippen LogP contribution in [-0.2, 0) is 9.59 Å². The van der Waals surface area contributed by atoms with E-state index in [0.29, 0.717) is 5.56 Å². The molecular formula is C17H25N3O3. The molecule has 0 saturated carbocycles. The zero-order valence-corrected chi connectivity index (χ0v) is 14.3. The summed E-state index contributed by atoms with van der Waals surface area (Å²) in [6.07, 6.45) is 0. The number of carbonyl (C=O) groups excluding carboxylic acids is 3. The van der Waals surface area contributed by atoms with E-state index in [1.165, 1.54) is 11.9 Å². The second-order valence-corrected chi connectivity index (χ2v) is 6.55. The van der Waals surface area contributed by atoms with Crippen molar-refractivity contribution in [3.05, 3.63) is 35.9 Å². The highest BCUT2D eigenvalue weighted by Crippen LogP contribution is 2.01. The summed E-state index contributed by atoms with van der Waals surface area (Å²) >= 11 is 0. The first kappa shape index (κ1) is 18.7. The van der Waals surface area contributed by atoms with Crippen LogP contribution in [0.3, 0.4) is 0 Å². The number of carbonyl (C=O) groups is 3. The molecule has 0 fully saturated rings. The molecule has 0 radical (unpaired) electrons. The van der Waals surface area contributed by atoms with Gasteiger partial charge in [0.1, 0.15) is 6.04 Å². The van der Waals surface area contributed by atoms with Gasteiger partial charge in [-0.2, -0.15) is 0 Å². The van der Waals surface area contributed by atoms with Gasteiger partial charge < -0.3 is 15.5 Å². The number of amides is 3. The van der Waals surface area contributed by atoms with Crippen LogP contribution in [0.4, 0.5) is 0 Å². The molecule has 1 rings (SSSR count). The summed E-state index contributed by atoms with van der Waals surface area (Å²) in [5.74, 6) is -0.882. The quantitative estimate of drug-likeness (QED) is 0.855. The van der Waals surface area contributed by atoms with Crippen molar-refractivity contribution in [2.75, 3.05) is 13.6 Å². The lowest BCUT2D eigenvalue weighted by Crippen LogP contribution is -2.50. The maximum absolute atomic E-state index is 12.2. The topological polar surface area (TPSA) is 78.5 Å². The van der Waals surface area contributed by atoms with Crippen molar-refractivity contribution < 1.29 is 14.4 Å². The molecule has 6 nitrogen and oxygen atoms in total. The molecule has 23 heavy (non-hydrogen) atoms. The molecule has 0 saturated heterocycles.